The maximum atomic E-state index is 11.4. The zero-order valence-electron chi connectivity index (χ0n) is 14.2. The van der Waals surface area contributed by atoms with Crippen LogP contribution in [-0.2, 0) is 4.74 Å². The Kier molecular flexibility index (Phi) is 5.33. The number of likely N-dealkylation sites (tertiary alicyclic amines) is 1. The van der Waals surface area contributed by atoms with Gasteiger partial charge in [0.15, 0.2) is 0 Å². The van der Waals surface area contributed by atoms with Crippen molar-refractivity contribution in [1.29, 1.82) is 0 Å². The molecule has 7 nitrogen and oxygen atoms in total. The van der Waals surface area contributed by atoms with Crippen LogP contribution < -0.4 is 5.32 Å². The van der Waals surface area contributed by atoms with E-state index < -0.39 is 5.97 Å². The summed E-state index contributed by atoms with van der Waals surface area (Å²) in [7, 11) is 2.15. The molecule has 7 heteroatoms. The number of nitrogens with one attached hydrogen (secondary N) is 1. The van der Waals surface area contributed by atoms with Gasteiger partial charge in [-0.2, -0.15) is 0 Å². The normalized spacial score (nSPS) is 22.2. The smallest absolute Gasteiger partial charge is 0.339 e. The molecule has 2 aliphatic rings. The molecule has 2 aliphatic heterocycles. The highest BCUT2D eigenvalue weighted by atomic mass is 16.5. The molecule has 0 bridgehead atoms. The minimum absolute atomic E-state index is 0.0509. The van der Waals surface area contributed by atoms with Crippen LogP contribution in [0.2, 0.25) is 0 Å². The van der Waals surface area contributed by atoms with Gasteiger partial charge in [-0.05, 0) is 39.0 Å². The second-order valence-corrected chi connectivity index (χ2v) is 6.71. The van der Waals surface area contributed by atoms with Crippen molar-refractivity contribution in [1.82, 2.24) is 14.8 Å². The number of ether oxygens (including phenoxy) is 1. The molecule has 1 aromatic heterocycles. The molecule has 24 heavy (non-hydrogen) atoms. The molecule has 2 N–H and O–H groups in total. The Morgan fingerprint density at radius 3 is 2.71 bits per heavy atom. The number of aromatic nitrogens is 1. The monoisotopic (exact) mass is 334 g/mol. The van der Waals surface area contributed by atoms with Crippen LogP contribution in [0.1, 0.15) is 23.2 Å². The molecule has 3 heterocycles. The molecule has 0 unspecified atom stereocenters. The van der Waals surface area contributed by atoms with E-state index in [0.29, 0.717) is 5.69 Å². The summed E-state index contributed by atoms with van der Waals surface area (Å²) < 4.78 is 5.51. The van der Waals surface area contributed by atoms with Gasteiger partial charge in [-0.1, -0.05) is 0 Å². The van der Waals surface area contributed by atoms with Gasteiger partial charge in [0, 0.05) is 37.6 Å². The zero-order valence-corrected chi connectivity index (χ0v) is 14.2. The van der Waals surface area contributed by atoms with Crippen molar-refractivity contribution in [2.45, 2.75) is 18.4 Å². The third-order valence-corrected chi connectivity index (χ3v) is 5.26. The maximum absolute atomic E-state index is 11.4. The lowest BCUT2D eigenvalue weighted by Gasteiger charge is -2.50. The molecule has 3 rings (SSSR count). The van der Waals surface area contributed by atoms with E-state index in [2.05, 4.69) is 27.1 Å². The van der Waals surface area contributed by atoms with Crippen LogP contribution in [-0.4, -0.2) is 84.4 Å². The van der Waals surface area contributed by atoms with Gasteiger partial charge in [-0.25, -0.2) is 4.79 Å². The summed E-state index contributed by atoms with van der Waals surface area (Å²) >= 11 is 0. The first-order valence-electron chi connectivity index (χ1n) is 8.53. The van der Waals surface area contributed by atoms with Crippen LogP contribution in [0.25, 0.3) is 0 Å². The van der Waals surface area contributed by atoms with Crippen molar-refractivity contribution in [2.24, 2.45) is 0 Å². The average molecular weight is 334 g/mol. The SMILES string of the molecule is CN1CCC(CNc2ccncc2C(=O)O)(N2CCOCC2)CC1. The second-order valence-electron chi connectivity index (χ2n) is 6.71. The van der Waals surface area contributed by atoms with E-state index in [0.717, 1.165) is 58.8 Å². The predicted molar refractivity (Wildman–Crippen MR) is 91.5 cm³/mol. The lowest BCUT2D eigenvalue weighted by molar-refractivity contribution is -0.0396. The lowest BCUT2D eigenvalue weighted by atomic mass is 9.85. The Hall–Kier alpha value is -1.70. The van der Waals surface area contributed by atoms with Crippen LogP contribution >= 0.6 is 0 Å². The average Bonchev–Trinajstić information content (AvgIpc) is 2.62. The number of nitrogens with zero attached hydrogens (tertiary/aromatic N) is 3. The Labute approximate surface area is 142 Å². The molecule has 2 saturated heterocycles. The van der Waals surface area contributed by atoms with Crippen LogP contribution in [0.4, 0.5) is 5.69 Å². The molecule has 132 valence electrons. The highest BCUT2D eigenvalue weighted by Gasteiger charge is 2.39. The molecule has 0 spiro atoms. The summed E-state index contributed by atoms with van der Waals surface area (Å²) in [5.41, 5.74) is 0.918. The standard InChI is InChI=1S/C17H26N4O3/c1-20-6-3-17(4-7-20,21-8-10-24-11-9-21)13-19-15-2-5-18-12-14(15)16(22)23/h2,5,12H,3-4,6-11,13H2,1H3,(H,18,19)(H,22,23). The van der Waals surface area contributed by atoms with Gasteiger partial charge in [-0.3, -0.25) is 9.88 Å². The number of pyridine rings is 1. The number of carbonyl (C=O) groups is 1. The summed E-state index contributed by atoms with van der Waals surface area (Å²) in [5.74, 6) is -0.950. The number of rotatable bonds is 5. The maximum Gasteiger partial charge on any atom is 0.339 e. The summed E-state index contributed by atoms with van der Waals surface area (Å²) in [6, 6.07) is 1.74. The lowest BCUT2D eigenvalue weighted by Crippen LogP contribution is -2.61. The predicted octanol–water partition coefficient (Wildman–Crippen LogP) is 0.988. The largest absolute Gasteiger partial charge is 0.478 e. The highest BCUT2D eigenvalue weighted by molar-refractivity contribution is 5.93. The van der Waals surface area contributed by atoms with E-state index in [-0.39, 0.29) is 11.1 Å². The molecule has 0 aromatic carbocycles. The Morgan fingerprint density at radius 2 is 2.04 bits per heavy atom. The summed E-state index contributed by atoms with van der Waals surface area (Å²) in [4.78, 5) is 20.2. The fourth-order valence-corrected chi connectivity index (χ4v) is 3.66. The Morgan fingerprint density at radius 1 is 1.33 bits per heavy atom. The fourth-order valence-electron chi connectivity index (χ4n) is 3.66. The van der Waals surface area contributed by atoms with E-state index in [9.17, 15) is 9.90 Å². The van der Waals surface area contributed by atoms with Gasteiger partial charge in [0.05, 0.1) is 18.9 Å². The van der Waals surface area contributed by atoms with Crippen molar-refractivity contribution < 1.29 is 14.6 Å². The van der Waals surface area contributed by atoms with Crippen LogP contribution in [0.3, 0.4) is 0 Å². The molecular formula is C17H26N4O3. The van der Waals surface area contributed by atoms with E-state index in [1.807, 2.05) is 0 Å². The van der Waals surface area contributed by atoms with E-state index in [4.69, 9.17) is 4.74 Å². The van der Waals surface area contributed by atoms with Gasteiger partial charge in [0.25, 0.3) is 0 Å². The van der Waals surface area contributed by atoms with Crippen LogP contribution in [0.15, 0.2) is 18.5 Å². The third-order valence-electron chi connectivity index (χ3n) is 5.26. The first-order chi connectivity index (χ1) is 11.6. The number of aromatic carboxylic acids is 1. The molecule has 1 aromatic rings. The van der Waals surface area contributed by atoms with Crippen LogP contribution in [0.5, 0.6) is 0 Å². The number of hydrogen-bond donors (Lipinski definition) is 2. The Bertz CT molecular complexity index is 567. The van der Waals surface area contributed by atoms with E-state index in [1.54, 1.807) is 12.3 Å². The minimum Gasteiger partial charge on any atom is -0.478 e. The Balaban J connectivity index is 1.76. The zero-order chi connectivity index (χ0) is 17.0. The van der Waals surface area contributed by atoms with Gasteiger partial charge in [-0.15, -0.1) is 0 Å². The molecule has 0 atom stereocenters. The number of anilines is 1. The first kappa shape index (κ1) is 17.1. The topological polar surface area (TPSA) is 77.9 Å². The summed E-state index contributed by atoms with van der Waals surface area (Å²) in [6.45, 7) is 6.27. The van der Waals surface area contributed by atoms with Crippen molar-refractivity contribution in [3.05, 3.63) is 24.0 Å². The van der Waals surface area contributed by atoms with Crippen molar-refractivity contribution in [3.8, 4) is 0 Å². The number of carboxylic acid groups (broad SMARTS) is 1. The molecular weight excluding hydrogens is 308 g/mol. The number of morpholine rings is 1. The van der Waals surface area contributed by atoms with Crippen molar-refractivity contribution in [3.63, 3.8) is 0 Å². The third kappa shape index (κ3) is 3.68. The minimum atomic E-state index is -0.950. The van der Waals surface area contributed by atoms with Crippen LogP contribution in [0, 0.1) is 0 Å². The van der Waals surface area contributed by atoms with Gasteiger partial charge in [0.2, 0.25) is 0 Å². The first-order valence-corrected chi connectivity index (χ1v) is 8.53. The number of piperidine rings is 1. The fraction of sp³-hybridized carbons (Fsp3) is 0.647. The van der Waals surface area contributed by atoms with Gasteiger partial charge < -0.3 is 20.1 Å². The van der Waals surface area contributed by atoms with E-state index >= 15 is 0 Å². The molecule has 0 amide bonds. The molecule has 0 saturated carbocycles. The quantitative estimate of drug-likeness (QED) is 0.831. The van der Waals surface area contributed by atoms with E-state index in [1.165, 1.54) is 6.20 Å². The van der Waals surface area contributed by atoms with Crippen molar-refractivity contribution >= 4 is 11.7 Å². The summed E-state index contributed by atoms with van der Waals surface area (Å²) in [6.07, 6.45) is 5.18. The second kappa shape index (κ2) is 7.46. The van der Waals surface area contributed by atoms with Gasteiger partial charge >= 0.3 is 5.97 Å². The summed E-state index contributed by atoms with van der Waals surface area (Å²) in [5, 5.41) is 12.7. The number of hydrogen-bond acceptors (Lipinski definition) is 6. The molecule has 0 aliphatic carbocycles. The van der Waals surface area contributed by atoms with Gasteiger partial charge in [0.1, 0.15) is 5.56 Å². The highest BCUT2D eigenvalue weighted by Crippen LogP contribution is 2.30. The number of carboxylic acids is 1. The van der Waals surface area contributed by atoms with Crippen molar-refractivity contribution in [2.75, 3.05) is 58.3 Å². The molecule has 2 fully saturated rings. The molecule has 0 radical (unpaired) electrons.